The summed E-state index contributed by atoms with van der Waals surface area (Å²) in [4.78, 5) is 35.3. The third-order valence-corrected chi connectivity index (χ3v) is 5.75. The van der Waals surface area contributed by atoms with Gasteiger partial charge in [-0.15, -0.1) is 0 Å². The standard InChI is InChI=1S/C24H28N2O6/c1-2-15(11-22(28)26-21(13-27)23(29)30)12-25-24(31)32-14-20-18-9-5-3-7-16(18)17-8-4-6-10-19(17)20/h3-10,15,20-21,27H,2,11-14H2,1H3,(H,25,31)(H,26,28)(H,29,30)/t15?,21-/m0/s1. The minimum atomic E-state index is -1.34. The van der Waals surface area contributed by atoms with Gasteiger partial charge in [0.25, 0.3) is 0 Å². The van der Waals surface area contributed by atoms with Crippen LogP contribution in [0, 0.1) is 5.92 Å². The van der Waals surface area contributed by atoms with E-state index in [9.17, 15) is 14.4 Å². The van der Waals surface area contributed by atoms with Gasteiger partial charge in [0.05, 0.1) is 6.61 Å². The molecule has 8 nitrogen and oxygen atoms in total. The van der Waals surface area contributed by atoms with Gasteiger partial charge in [-0.2, -0.15) is 0 Å². The molecule has 8 heteroatoms. The lowest BCUT2D eigenvalue weighted by molar-refractivity contribution is -0.143. The SMILES string of the molecule is CCC(CNC(=O)OCC1c2ccccc2-c2ccccc21)CC(=O)N[C@@H](CO)C(=O)O. The van der Waals surface area contributed by atoms with E-state index in [-0.39, 0.29) is 31.4 Å². The Morgan fingerprint density at radius 3 is 2.16 bits per heavy atom. The molecule has 0 saturated heterocycles. The lowest BCUT2D eigenvalue weighted by Gasteiger charge is -2.18. The highest BCUT2D eigenvalue weighted by atomic mass is 16.5. The zero-order valence-corrected chi connectivity index (χ0v) is 17.9. The van der Waals surface area contributed by atoms with E-state index in [2.05, 4.69) is 22.8 Å². The number of carbonyl (C=O) groups is 3. The Balaban J connectivity index is 1.51. The lowest BCUT2D eigenvalue weighted by Crippen LogP contribution is -2.44. The number of nitrogens with one attached hydrogen (secondary N) is 2. The van der Waals surface area contributed by atoms with Crippen molar-refractivity contribution in [2.75, 3.05) is 19.8 Å². The van der Waals surface area contributed by atoms with Gasteiger partial charge in [-0.25, -0.2) is 9.59 Å². The predicted molar refractivity (Wildman–Crippen MR) is 118 cm³/mol. The molecule has 2 amide bonds. The van der Waals surface area contributed by atoms with Crippen molar-refractivity contribution in [1.82, 2.24) is 10.6 Å². The summed E-state index contributed by atoms with van der Waals surface area (Å²) >= 11 is 0. The number of carboxylic acids is 1. The Bertz CT molecular complexity index is 931. The zero-order valence-electron chi connectivity index (χ0n) is 17.9. The van der Waals surface area contributed by atoms with Crippen LogP contribution < -0.4 is 10.6 Å². The molecule has 0 spiro atoms. The van der Waals surface area contributed by atoms with Gasteiger partial charge in [-0.05, 0) is 28.2 Å². The summed E-state index contributed by atoms with van der Waals surface area (Å²) in [6, 6.07) is 14.8. The zero-order chi connectivity index (χ0) is 23.1. The fraction of sp³-hybridized carbons (Fsp3) is 0.375. The molecule has 0 saturated carbocycles. The number of alkyl carbamates (subject to hydrolysis) is 1. The Kier molecular flexibility index (Phi) is 7.83. The van der Waals surface area contributed by atoms with Crippen LogP contribution in [-0.2, 0) is 14.3 Å². The molecule has 1 unspecified atom stereocenters. The first-order valence-corrected chi connectivity index (χ1v) is 10.7. The van der Waals surface area contributed by atoms with E-state index in [0.717, 1.165) is 22.3 Å². The van der Waals surface area contributed by atoms with Crippen LogP contribution in [0.25, 0.3) is 11.1 Å². The predicted octanol–water partition coefficient (Wildman–Crippen LogP) is 2.50. The van der Waals surface area contributed by atoms with E-state index in [1.807, 2.05) is 43.3 Å². The van der Waals surface area contributed by atoms with Crippen molar-refractivity contribution in [3.05, 3.63) is 59.7 Å². The number of aliphatic hydroxyl groups excluding tert-OH is 1. The molecule has 0 aromatic heterocycles. The van der Waals surface area contributed by atoms with E-state index >= 15 is 0 Å². The monoisotopic (exact) mass is 440 g/mol. The molecule has 2 aromatic carbocycles. The average molecular weight is 440 g/mol. The van der Waals surface area contributed by atoms with Crippen LogP contribution in [0.1, 0.15) is 36.8 Å². The number of aliphatic hydroxyl groups is 1. The molecule has 2 aromatic rings. The van der Waals surface area contributed by atoms with Crippen LogP contribution in [0.2, 0.25) is 0 Å². The Morgan fingerprint density at radius 1 is 1.03 bits per heavy atom. The number of ether oxygens (including phenoxy) is 1. The minimum Gasteiger partial charge on any atom is -0.480 e. The number of aliphatic carboxylic acids is 1. The van der Waals surface area contributed by atoms with Crippen LogP contribution in [0.5, 0.6) is 0 Å². The number of rotatable bonds is 10. The van der Waals surface area contributed by atoms with Crippen molar-refractivity contribution in [3.8, 4) is 11.1 Å². The van der Waals surface area contributed by atoms with Crippen molar-refractivity contribution in [2.24, 2.45) is 5.92 Å². The van der Waals surface area contributed by atoms with E-state index in [1.54, 1.807) is 0 Å². The van der Waals surface area contributed by atoms with Crippen molar-refractivity contribution < 1.29 is 29.3 Å². The lowest BCUT2D eigenvalue weighted by atomic mass is 9.98. The summed E-state index contributed by atoms with van der Waals surface area (Å²) in [5, 5.41) is 22.9. The van der Waals surface area contributed by atoms with Gasteiger partial charge in [0, 0.05) is 18.9 Å². The van der Waals surface area contributed by atoms with Crippen molar-refractivity contribution in [1.29, 1.82) is 0 Å². The molecule has 4 N–H and O–H groups in total. The maximum absolute atomic E-state index is 12.3. The fourth-order valence-electron chi connectivity index (χ4n) is 3.94. The molecule has 0 heterocycles. The molecule has 1 aliphatic rings. The fourth-order valence-corrected chi connectivity index (χ4v) is 3.94. The summed E-state index contributed by atoms with van der Waals surface area (Å²) in [6.07, 6.45) is 0.0715. The average Bonchev–Trinajstić information content (AvgIpc) is 3.12. The summed E-state index contributed by atoms with van der Waals surface area (Å²) in [6.45, 7) is 1.61. The first-order valence-electron chi connectivity index (χ1n) is 10.7. The molecule has 1 aliphatic carbocycles. The summed E-state index contributed by atoms with van der Waals surface area (Å²) in [7, 11) is 0. The third-order valence-electron chi connectivity index (χ3n) is 5.75. The second kappa shape index (κ2) is 10.8. The van der Waals surface area contributed by atoms with Crippen molar-refractivity contribution >= 4 is 18.0 Å². The van der Waals surface area contributed by atoms with Gasteiger partial charge < -0.3 is 25.6 Å². The normalized spacial score (nSPS) is 14.1. The topological polar surface area (TPSA) is 125 Å². The number of carbonyl (C=O) groups excluding carboxylic acids is 2. The van der Waals surface area contributed by atoms with Gasteiger partial charge in [-0.1, -0.05) is 61.9 Å². The van der Waals surface area contributed by atoms with E-state index in [4.69, 9.17) is 14.9 Å². The van der Waals surface area contributed by atoms with Crippen molar-refractivity contribution in [2.45, 2.75) is 31.7 Å². The molecular formula is C24H28N2O6. The summed E-state index contributed by atoms with van der Waals surface area (Å²) in [5.74, 6) is -2.02. The second-order valence-corrected chi connectivity index (χ2v) is 7.83. The van der Waals surface area contributed by atoms with Gasteiger partial charge in [0.2, 0.25) is 5.91 Å². The molecule has 2 atom stereocenters. The van der Waals surface area contributed by atoms with Gasteiger partial charge in [0.15, 0.2) is 0 Å². The van der Waals surface area contributed by atoms with Crippen LogP contribution in [0.15, 0.2) is 48.5 Å². The second-order valence-electron chi connectivity index (χ2n) is 7.83. The highest BCUT2D eigenvalue weighted by Gasteiger charge is 2.29. The number of hydrogen-bond donors (Lipinski definition) is 4. The van der Waals surface area contributed by atoms with Crippen LogP contribution >= 0.6 is 0 Å². The summed E-state index contributed by atoms with van der Waals surface area (Å²) in [5.41, 5.74) is 4.55. The van der Waals surface area contributed by atoms with Crippen LogP contribution in [-0.4, -0.2) is 54.0 Å². The third kappa shape index (κ3) is 5.45. The van der Waals surface area contributed by atoms with Crippen LogP contribution in [0.4, 0.5) is 4.79 Å². The van der Waals surface area contributed by atoms with Crippen LogP contribution in [0.3, 0.4) is 0 Å². The maximum atomic E-state index is 12.3. The smallest absolute Gasteiger partial charge is 0.407 e. The van der Waals surface area contributed by atoms with Crippen molar-refractivity contribution in [3.63, 3.8) is 0 Å². The van der Waals surface area contributed by atoms with Gasteiger partial charge in [0.1, 0.15) is 12.6 Å². The number of hydrogen-bond acceptors (Lipinski definition) is 5. The molecule has 0 fully saturated rings. The Morgan fingerprint density at radius 2 is 1.62 bits per heavy atom. The molecule has 3 rings (SSSR count). The summed E-state index contributed by atoms with van der Waals surface area (Å²) < 4.78 is 5.49. The number of carboxylic acid groups (broad SMARTS) is 1. The Labute approximate surface area is 186 Å². The van der Waals surface area contributed by atoms with E-state index in [0.29, 0.717) is 6.42 Å². The number of fused-ring (bicyclic) bond motifs is 3. The number of amides is 2. The van der Waals surface area contributed by atoms with Gasteiger partial charge >= 0.3 is 12.1 Å². The largest absolute Gasteiger partial charge is 0.480 e. The molecule has 32 heavy (non-hydrogen) atoms. The first kappa shape index (κ1) is 23.3. The van der Waals surface area contributed by atoms with E-state index in [1.165, 1.54) is 0 Å². The molecule has 0 radical (unpaired) electrons. The maximum Gasteiger partial charge on any atom is 0.407 e. The van der Waals surface area contributed by atoms with Gasteiger partial charge in [-0.3, -0.25) is 4.79 Å². The highest BCUT2D eigenvalue weighted by Crippen LogP contribution is 2.44. The van der Waals surface area contributed by atoms with E-state index < -0.39 is 30.6 Å². The molecule has 0 bridgehead atoms. The minimum absolute atomic E-state index is 0.0317. The number of benzene rings is 2. The first-order chi connectivity index (χ1) is 15.4. The molecular weight excluding hydrogens is 412 g/mol. The molecule has 170 valence electrons. The highest BCUT2D eigenvalue weighted by molar-refractivity contribution is 5.83. The molecule has 0 aliphatic heterocycles. The Hall–Kier alpha value is -3.39. The quantitative estimate of drug-likeness (QED) is 0.450.